The number of carbonyl (C=O) groups is 1. The van der Waals surface area contributed by atoms with E-state index in [0.29, 0.717) is 34.7 Å². The molecule has 1 amide bonds. The molecule has 0 unspecified atom stereocenters. The fourth-order valence-corrected chi connectivity index (χ4v) is 4.33. The second kappa shape index (κ2) is 9.43. The number of hydrogen-bond acceptors (Lipinski definition) is 7. The van der Waals surface area contributed by atoms with Crippen LogP contribution in [0.25, 0.3) is 56.0 Å². The summed E-state index contributed by atoms with van der Waals surface area (Å²) in [5.41, 5.74) is 4.55. The van der Waals surface area contributed by atoms with Gasteiger partial charge < -0.3 is 10.3 Å². The van der Waals surface area contributed by atoms with Gasteiger partial charge in [0, 0.05) is 54.1 Å². The first-order valence-electron chi connectivity index (χ1n) is 12.0. The van der Waals surface area contributed by atoms with E-state index in [2.05, 4.69) is 40.4 Å². The van der Waals surface area contributed by atoms with Gasteiger partial charge in [0.05, 0.1) is 28.5 Å². The normalized spacial score (nSPS) is 11.5. The predicted molar refractivity (Wildman–Crippen MR) is 141 cm³/mol. The van der Waals surface area contributed by atoms with Gasteiger partial charge >= 0.3 is 0 Å². The molecule has 6 rings (SSSR count). The van der Waals surface area contributed by atoms with Crippen molar-refractivity contribution in [2.24, 2.45) is 5.92 Å². The van der Waals surface area contributed by atoms with Gasteiger partial charge in [-0.25, -0.2) is 14.4 Å². The van der Waals surface area contributed by atoms with Crippen molar-refractivity contribution in [1.82, 2.24) is 40.1 Å². The van der Waals surface area contributed by atoms with Crippen LogP contribution in [0.4, 0.5) is 10.1 Å². The molecule has 0 aliphatic carbocycles. The maximum Gasteiger partial charge on any atom is 0.224 e. The minimum absolute atomic E-state index is 0.129. The second-order valence-corrected chi connectivity index (χ2v) is 9.27. The average Bonchev–Trinajstić information content (AvgIpc) is 3.54. The SMILES string of the molecule is CC(C)CC(=O)Nc1cncc(-c2cnc3[nH]nc(-c4nc5c(-c6cccnc6)nccc5[nH]4)c3c2F)c1. The highest BCUT2D eigenvalue weighted by Gasteiger charge is 2.21. The van der Waals surface area contributed by atoms with E-state index in [1.165, 1.54) is 18.6 Å². The number of imidazole rings is 1. The molecule has 0 aliphatic rings. The molecule has 0 atom stereocenters. The van der Waals surface area contributed by atoms with E-state index in [1.807, 2.05) is 26.0 Å². The first kappa shape index (κ1) is 23.3. The Balaban J connectivity index is 1.42. The Morgan fingerprint density at radius 3 is 2.71 bits per heavy atom. The second-order valence-electron chi connectivity index (χ2n) is 9.27. The Hall–Kier alpha value is -5.06. The Morgan fingerprint density at radius 2 is 1.89 bits per heavy atom. The molecule has 6 heterocycles. The van der Waals surface area contributed by atoms with Crippen LogP contribution in [0.1, 0.15) is 20.3 Å². The first-order valence-corrected chi connectivity index (χ1v) is 12.0. The zero-order valence-corrected chi connectivity index (χ0v) is 20.5. The highest BCUT2D eigenvalue weighted by molar-refractivity contribution is 5.97. The lowest BCUT2D eigenvalue weighted by molar-refractivity contribution is -0.116. The van der Waals surface area contributed by atoms with E-state index in [9.17, 15) is 4.79 Å². The maximum absolute atomic E-state index is 16.0. The van der Waals surface area contributed by atoms with Crippen LogP contribution in [0, 0.1) is 11.7 Å². The van der Waals surface area contributed by atoms with Crippen LogP contribution in [0.2, 0.25) is 0 Å². The van der Waals surface area contributed by atoms with Crippen molar-refractivity contribution in [3.63, 3.8) is 0 Å². The number of hydrogen-bond donors (Lipinski definition) is 3. The molecule has 11 heteroatoms. The van der Waals surface area contributed by atoms with Gasteiger partial charge in [0.25, 0.3) is 0 Å². The van der Waals surface area contributed by atoms with Crippen LogP contribution in [0.3, 0.4) is 0 Å². The number of rotatable bonds is 6. The van der Waals surface area contributed by atoms with Crippen LogP contribution in [0.15, 0.2) is 61.4 Å². The molecule has 0 radical (unpaired) electrons. The molecule has 0 saturated carbocycles. The van der Waals surface area contributed by atoms with Crippen molar-refractivity contribution in [2.45, 2.75) is 20.3 Å². The fourth-order valence-electron chi connectivity index (χ4n) is 4.33. The number of H-pyrrole nitrogens is 2. The summed E-state index contributed by atoms with van der Waals surface area (Å²) in [6.45, 7) is 3.93. The fraction of sp³-hybridized carbons (Fsp3) is 0.148. The Kier molecular flexibility index (Phi) is 5.79. The smallest absolute Gasteiger partial charge is 0.224 e. The molecule has 0 saturated heterocycles. The lowest BCUT2D eigenvalue weighted by atomic mass is 10.1. The summed E-state index contributed by atoms with van der Waals surface area (Å²) in [4.78, 5) is 37.4. The number of amides is 1. The summed E-state index contributed by atoms with van der Waals surface area (Å²) in [5, 5.41) is 10.1. The predicted octanol–water partition coefficient (Wildman–Crippen LogP) is 5.14. The number of aromatic nitrogens is 8. The van der Waals surface area contributed by atoms with Gasteiger partial charge in [-0.05, 0) is 30.2 Å². The highest BCUT2D eigenvalue weighted by Crippen LogP contribution is 2.34. The third kappa shape index (κ3) is 4.23. The van der Waals surface area contributed by atoms with Crippen molar-refractivity contribution in [1.29, 1.82) is 0 Å². The standard InChI is InChI=1S/C27H22FN9O/c1-14(2)8-20(38)33-17-9-16(11-30-12-17)18-13-32-26-21(22(18)28)25(36-37-26)27-34-19-5-7-31-23(24(19)35-27)15-4-3-6-29-10-15/h3-7,9-14H,8H2,1-2H3,(H,33,38)(H,34,35)(H,32,36,37). The van der Waals surface area contributed by atoms with E-state index in [1.54, 1.807) is 30.7 Å². The molecule has 3 N–H and O–H groups in total. The number of halogens is 1. The summed E-state index contributed by atoms with van der Waals surface area (Å²) < 4.78 is 16.0. The van der Waals surface area contributed by atoms with E-state index in [0.717, 1.165) is 11.1 Å². The zero-order chi connectivity index (χ0) is 26.2. The summed E-state index contributed by atoms with van der Waals surface area (Å²) in [7, 11) is 0. The number of anilines is 1. The molecule has 6 aromatic heterocycles. The Bertz CT molecular complexity index is 1790. The molecule has 0 bridgehead atoms. The minimum Gasteiger partial charge on any atom is -0.336 e. The van der Waals surface area contributed by atoms with Gasteiger partial charge in [-0.15, -0.1) is 0 Å². The van der Waals surface area contributed by atoms with Crippen LogP contribution < -0.4 is 5.32 Å². The summed E-state index contributed by atoms with van der Waals surface area (Å²) in [6, 6.07) is 7.19. The Morgan fingerprint density at radius 1 is 1.03 bits per heavy atom. The largest absolute Gasteiger partial charge is 0.336 e. The Labute approximate surface area is 215 Å². The number of fused-ring (bicyclic) bond motifs is 2. The first-order chi connectivity index (χ1) is 18.5. The van der Waals surface area contributed by atoms with Crippen LogP contribution in [0.5, 0.6) is 0 Å². The van der Waals surface area contributed by atoms with Crippen molar-refractivity contribution in [3.8, 4) is 33.9 Å². The van der Waals surface area contributed by atoms with E-state index >= 15 is 4.39 Å². The van der Waals surface area contributed by atoms with Gasteiger partial charge in [-0.2, -0.15) is 5.10 Å². The number of pyridine rings is 4. The average molecular weight is 508 g/mol. The van der Waals surface area contributed by atoms with E-state index < -0.39 is 5.82 Å². The molecule has 188 valence electrons. The quantitative estimate of drug-likeness (QED) is 0.284. The molecule has 0 fully saturated rings. The highest BCUT2D eigenvalue weighted by atomic mass is 19.1. The summed E-state index contributed by atoms with van der Waals surface area (Å²) in [6.07, 6.45) is 9.92. The lowest BCUT2D eigenvalue weighted by Gasteiger charge is -2.09. The summed E-state index contributed by atoms with van der Waals surface area (Å²) >= 11 is 0. The molecule has 0 spiro atoms. The molecule has 0 aromatic carbocycles. The number of aromatic amines is 2. The monoisotopic (exact) mass is 507 g/mol. The van der Waals surface area contributed by atoms with Gasteiger partial charge in [-0.1, -0.05) is 13.8 Å². The van der Waals surface area contributed by atoms with Crippen molar-refractivity contribution in [2.75, 3.05) is 5.32 Å². The molecule has 6 aromatic rings. The van der Waals surface area contributed by atoms with E-state index in [-0.39, 0.29) is 34.1 Å². The van der Waals surface area contributed by atoms with Gasteiger partial charge in [0.15, 0.2) is 11.5 Å². The van der Waals surface area contributed by atoms with E-state index in [4.69, 9.17) is 4.98 Å². The molecular formula is C27H22FN9O. The minimum atomic E-state index is -0.530. The van der Waals surface area contributed by atoms with Gasteiger partial charge in [0.2, 0.25) is 5.91 Å². The molecule has 0 aliphatic heterocycles. The third-order valence-electron chi connectivity index (χ3n) is 6.01. The van der Waals surface area contributed by atoms with Gasteiger partial charge in [-0.3, -0.25) is 24.8 Å². The molecule has 38 heavy (non-hydrogen) atoms. The summed E-state index contributed by atoms with van der Waals surface area (Å²) in [5.74, 6) is -0.0772. The van der Waals surface area contributed by atoms with Crippen LogP contribution in [-0.4, -0.2) is 46.0 Å². The molecule has 10 nitrogen and oxygen atoms in total. The topological polar surface area (TPSA) is 138 Å². The number of nitrogens with one attached hydrogen (secondary N) is 3. The number of carbonyl (C=O) groups excluding carboxylic acids is 1. The maximum atomic E-state index is 16.0. The third-order valence-corrected chi connectivity index (χ3v) is 6.01. The number of nitrogens with zero attached hydrogens (tertiary/aromatic N) is 6. The van der Waals surface area contributed by atoms with Crippen molar-refractivity contribution < 1.29 is 9.18 Å². The molecular weight excluding hydrogens is 485 g/mol. The zero-order valence-electron chi connectivity index (χ0n) is 20.5. The van der Waals surface area contributed by atoms with Crippen LogP contribution in [-0.2, 0) is 4.79 Å². The van der Waals surface area contributed by atoms with Gasteiger partial charge in [0.1, 0.15) is 17.0 Å². The van der Waals surface area contributed by atoms with Crippen LogP contribution >= 0.6 is 0 Å². The lowest BCUT2D eigenvalue weighted by Crippen LogP contribution is -2.14. The van der Waals surface area contributed by atoms with Crippen molar-refractivity contribution in [3.05, 3.63) is 67.3 Å². The van der Waals surface area contributed by atoms with Crippen molar-refractivity contribution >= 4 is 33.7 Å².